The largest absolute Gasteiger partial charge is 0.481 e. The Morgan fingerprint density at radius 1 is 1.12 bits per heavy atom. The first-order valence-corrected chi connectivity index (χ1v) is 6.11. The highest BCUT2D eigenvalue weighted by Crippen LogP contribution is 2.39. The summed E-state index contributed by atoms with van der Waals surface area (Å²) < 4.78 is 0. The van der Waals surface area contributed by atoms with Crippen LogP contribution in [0, 0.1) is 17.8 Å². The predicted octanol–water partition coefficient (Wildman–Crippen LogP) is 1.40. The average Bonchev–Trinajstić information content (AvgIpc) is 3.01. The van der Waals surface area contributed by atoms with Crippen molar-refractivity contribution in [3.8, 4) is 0 Å². The Morgan fingerprint density at radius 2 is 1.75 bits per heavy atom. The van der Waals surface area contributed by atoms with Gasteiger partial charge in [-0.05, 0) is 38.0 Å². The van der Waals surface area contributed by atoms with Crippen LogP contribution in [-0.2, 0) is 9.59 Å². The highest BCUT2D eigenvalue weighted by atomic mass is 16.4. The van der Waals surface area contributed by atoms with Gasteiger partial charge < -0.3 is 10.4 Å². The SMILES string of the molecule is CC1CCC(NC(=O)[C@@H]2C[C@H]2C(=O)O)CC1. The molecule has 4 heteroatoms. The fourth-order valence-corrected chi connectivity index (χ4v) is 2.47. The second-order valence-electron chi connectivity index (χ2n) is 5.25. The predicted molar refractivity (Wildman–Crippen MR) is 58.8 cm³/mol. The van der Waals surface area contributed by atoms with Crippen LogP contribution < -0.4 is 5.32 Å². The molecule has 0 bridgehead atoms. The van der Waals surface area contributed by atoms with Gasteiger partial charge in [0.1, 0.15) is 0 Å². The number of carbonyl (C=O) groups excluding carboxylic acids is 1. The van der Waals surface area contributed by atoms with E-state index >= 15 is 0 Å². The molecule has 2 aliphatic carbocycles. The fraction of sp³-hybridized carbons (Fsp3) is 0.833. The number of aliphatic carboxylic acids is 1. The Bertz CT molecular complexity index is 295. The summed E-state index contributed by atoms with van der Waals surface area (Å²) in [6.07, 6.45) is 4.93. The number of carboxylic acid groups (broad SMARTS) is 1. The van der Waals surface area contributed by atoms with Crippen molar-refractivity contribution < 1.29 is 14.7 Å². The second-order valence-corrected chi connectivity index (χ2v) is 5.25. The molecule has 0 aliphatic heterocycles. The molecule has 0 radical (unpaired) electrons. The lowest BCUT2D eigenvalue weighted by molar-refractivity contribution is -0.140. The van der Waals surface area contributed by atoms with E-state index in [1.807, 2.05) is 0 Å². The van der Waals surface area contributed by atoms with E-state index in [1.54, 1.807) is 0 Å². The standard InChI is InChI=1S/C12H19NO3/c1-7-2-4-8(5-3-7)13-11(14)9-6-10(9)12(15)16/h7-10H,2-6H2,1H3,(H,13,14)(H,15,16)/t7?,8?,9-,10-/m1/s1. The van der Waals surface area contributed by atoms with E-state index < -0.39 is 11.9 Å². The highest BCUT2D eigenvalue weighted by molar-refractivity contribution is 5.89. The van der Waals surface area contributed by atoms with Crippen LogP contribution in [0.1, 0.15) is 39.0 Å². The lowest BCUT2D eigenvalue weighted by Gasteiger charge is -2.26. The summed E-state index contributed by atoms with van der Waals surface area (Å²) in [5.74, 6) is -0.815. The van der Waals surface area contributed by atoms with Gasteiger partial charge in [-0.1, -0.05) is 6.92 Å². The van der Waals surface area contributed by atoms with Crippen molar-refractivity contribution in [2.45, 2.75) is 45.1 Å². The number of rotatable bonds is 3. The van der Waals surface area contributed by atoms with Crippen LogP contribution >= 0.6 is 0 Å². The second kappa shape index (κ2) is 4.44. The van der Waals surface area contributed by atoms with Crippen LogP contribution in [0.5, 0.6) is 0 Å². The van der Waals surface area contributed by atoms with Crippen molar-refractivity contribution in [1.29, 1.82) is 0 Å². The van der Waals surface area contributed by atoms with Crippen LogP contribution in [0.3, 0.4) is 0 Å². The Hall–Kier alpha value is -1.06. The summed E-state index contributed by atoms with van der Waals surface area (Å²) in [6.45, 7) is 2.24. The van der Waals surface area contributed by atoms with Gasteiger partial charge in [0.05, 0.1) is 11.8 Å². The Labute approximate surface area is 95.4 Å². The molecule has 0 aromatic carbocycles. The molecule has 0 aromatic heterocycles. The van der Waals surface area contributed by atoms with Crippen molar-refractivity contribution in [2.75, 3.05) is 0 Å². The smallest absolute Gasteiger partial charge is 0.307 e. The van der Waals surface area contributed by atoms with Gasteiger partial charge in [0.2, 0.25) is 5.91 Å². The number of nitrogens with one attached hydrogen (secondary N) is 1. The molecule has 2 saturated carbocycles. The van der Waals surface area contributed by atoms with Crippen molar-refractivity contribution in [1.82, 2.24) is 5.32 Å². The van der Waals surface area contributed by atoms with E-state index in [0.29, 0.717) is 6.42 Å². The molecule has 0 aromatic rings. The molecule has 2 atom stereocenters. The molecule has 2 N–H and O–H groups in total. The number of amides is 1. The topological polar surface area (TPSA) is 66.4 Å². The number of carboxylic acids is 1. The summed E-state index contributed by atoms with van der Waals surface area (Å²) in [4.78, 5) is 22.3. The van der Waals surface area contributed by atoms with Crippen LogP contribution in [0.4, 0.5) is 0 Å². The first kappa shape index (κ1) is 11.4. The van der Waals surface area contributed by atoms with Crippen LogP contribution in [-0.4, -0.2) is 23.0 Å². The minimum atomic E-state index is -0.836. The zero-order chi connectivity index (χ0) is 11.7. The highest BCUT2D eigenvalue weighted by Gasteiger charge is 2.48. The molecule has 0 unspecified atom stereocenters. The van der Waals surface area contributed by atoms with E-state index in [1.165, 1.54) is 0 Å². The maximum Gasteiger partial charge on any atom is 0.307 e. The van der Waals surface area contributed by atoms with Gasteiger partial charge in [-0.15, -0.1) is 0 Å². The molecular formula is C12H19NO3. The molecule has 16 heavy (non-hydrogen) atoms. The first-order valence-electron chi connectivity index (χ1n) is 6.11. The average molecular weight is 225 g/mol. The third-order valence-corrected chi connectivity index (χ3v) is 3.81. The van der Waals surface area contributed by atoms with Gasteiger partial charge in [0.25, 0.3) is 0 Å². The molecule has 1 amide bonds. The van der Waals surface area contributed by atoms with E-state index in [9.17, 15) is 9.59 Å². The van der Waals surface area contributed by atoms with Crippen molar-refractivity contribution in [3.63, 3.8) is 0 Å². The minimum Gasteiger partial charge on any atom is -0.481 e. The lowest BCUT2D eigenvalue weighted by atomic mass is 9.87. The van der Waals surface area contributed by atoms with Gasteiger partial charge in [-0.25, -0.2) is 0 Å². The molecule has 2 aliphatic rings. The normalized spacial score (nSPS) is 37.8. The minimum absolute atomic E-state index is 0.0491. The summed E-state index contributed by atoms with van der Waals surface area (Å²) in [6, 6.07) is 0.277. The van der Waals surface area contributed by atoms with Gasteiger partial charge >= 0.3 is 5.97 Å². The molecule has 0 saturated heterocycles. The third kappa shape index (κ3) is 2.54. The third-order valence-electron chi connectivity index (χ3n) is 3.81. The van der Waals surface area contributed by atoms with Gasteiger partial charge in [-0.2, -0.15) is 0 Å². The molecule has 2 rings (SSSR count). The van der Waals surface area contributed by atoms with Crippen LogP contribution in [0.15, 0.2) is 0 Å². The van der Waals surface area contributed by atoms with E-state index in [2.05, 4.69) is 12.2 Å². The number of hydrogen-bond acceptors (Lipinski definition) is 2. The first-order chi connectivity index (χ1) is 7.58. The van der Waals surface area contributed by atoms with Gasteiger partial charge in [-0.3, -0.25) is 9.59 Å². The van der Waals surface area contributed by atoms with E-state index in [4.69, 9.17) is 5.11 Å². The summed E-state index contributed by atoms with van der Waals surface area (Å²) in [7, 11) is 0. The zero-order valence-corrected chi connectivity index (χ0v) is 9.61. The maximum absolute atomic E-state index is 11.7. The molecule has 0 heterocycles. The molecular weight excluding hydrogens is 206 g/mol. The Kier molecular flexibility index (Phi) is 3.17. The Morgan fingerprint density at radius 3 is 2.25 bits per heavy atom. The molecule has 2 fully saturated rings. The summed E-state index contributed by atoms with van der Waals surface area (Å²) in [5, 5.41) is 11.7. The zero-order valence-electron chi connectivity index (χ0n) is 9.61. The fourth-order valence-electron chi connectivity index (χ4n) is 2.47. The maximum atomic E-state index is 11.7. The number of carbonyl (C=O) groups is 2. The lowest BCUT2D eigenvalue weighted by Crippen LogP contribution is -2.38. The van der Waals surface area contributed by atoms with Crippen molar-refractivity contribution >= 4 is 11.9 Å². The van der Waals surface area contributed by atoms with Crippen molar-refractivity contribution in [2.24, 2.45) is 17.8 Å². The molecule has 4 nitrogen and oxygen atoms in total. The summed E-state index contributed by atoms with van der Waals surface area (Å²) in [5.41, 5.74) is 0. The van der Waals surface area contributed by atoms with Gasteiger partial charge in [0.15, 0.2) is 0 Å². The molecule has 0 spiro atoms. The van der Waals surface area contributed by atoms with E-state index in [-0.39, 0.29) is 17.9 Å². The monoisotopic (exact) mass is 225 g/mol. The van der Waals surface area contributed by atoms with Crippen molar-refractivity contribution in [3.05, 3.63) is 0 Å². The number of hydrogen-bond donors (Lipinski definition) is 2. The van der Waals surface area contributed by atoms with Crippen LogP contribution in [0.25, 0.3) is 0 Å². The van der Waals surface area contributed by atoms with E-state index in [0.717, 1.165) is 31.6 Å². The van der Waals surface area contributed by atoms with Gasteiger partial charge in [0, 0.05) is 6.04 Å². The van der Waals surface area contributed by atoms with Crippen LogP contribution in [0.2, 0.25) is 0 Å². The molecule has 90 valence electrons. The Balaban J connectivity index is 1.74. The quantitative estimate of drug-likeness (QED) is 0.763. The summed E-state index contributed by atoms with van der Waals surface area (Å²) >= 11 is 0.